The van der Waals surface area contributed by atoms with Gasteiger partial charge in [-0.3, -0.25) is 14.5 Å². The van der Waals surface area contributed by atoms with E-state index >= 15 is 0 Å². The van der Waals surface area contributed by atoms with Crippen LogP contribution in [0, 0.1) is 17.3 Å². The maximum atomic E-state index is 12.8. The predicted molar refractivity (Wildman–Crippen MR) is 90.8 cm³/mol. The van der Waals surface area contributed by atoms with Crippen molar-refractivity contribution in [2.75, 3.05) is 27.2 Å². The van der Waals surface area contributed by atoms with Crippen LogP contribution in [0.1, 0.15) is 52.4 Å². The first-order valence-corrected chi connectivity index (χ1v) is 9.02. The molecule has 0 saturated carbocycles. The molecule has 2 aliphatic carbocycles. The minimum Gasteiger partial charge on any atom is -0.309 e. The lowest BCUT2D eigenvalue weighted by molar-refractivity contribution is -0.140. The average Bonchev–Trinajstić information content (AvgIpc) is 2.70. The maximum absolute atomic E-state index is 12.8. The summed E-state index contributed by atoms with van der Waals surface area (Å²) in [5.74, 6) is 0.0212. The molecule has 3 rings (SSSR count). The second-order valence-electron chi connectivity index (χ2n) is 8.43. The second kappa shape index (κ2) is 6.04. The van der Waals surface area contributed by atoms with E-state index in [0.29, 0.717) is 6.54 Å². The van der Waals surface area contributed by atoms with E-state index in [1.54, 1.807) is 4.90 Å². The van der Waals surface area contributed by atoms with Crippen molar-refractivity contribution in [1.82, 2.24) is 9.80 Å². The van der Waals surface area contributed by atoms with Gasteiger partial charge in [-0.05, 0) is 64.6 Å². The number of rotatable bonds is 4. The molecular weight excluding hydrogens is 288 g/mol. The third-order valence-electron chi connectivity index (χ3n) is 6.05. The molecule has 23 heavy (non-hydrogen) atoms. The van der Waals surface area contributed by atoms with Gasteiger partial charge in [0.1, 0.15) is 0 Å². The van der Waals surface area contributed by atoms with E-state index in [1.165, 1.54) is 24.0 Å². The third-order valence-corrected chi connectivity index (χ3v) is 6.05. The van der Waals surface area contributed by atoms with Gasteiger partial charge in [-0.25, -0.2) is 0 Å². The molecule has 0 N–H and O–H groups in total. The molecule has 0 bridgehead atoms. The summed E-state index contributed by atoms with van der Waals surface area (Å²) in [5.41, 5.74) is 3.18. The minimum atomic E-state index is -0.0852. The van der Waals surface area contributed by atoms with E-state index in [1.807, 2.05) is 14.1 Å². The molecule has 128 valence electrons. The van der Waals surface area contributed by atoms with Gasteiger partial charge < -0.3 is 4.90 Å². The van der Waals surface area contributed by atoms with Crippen molar-refractivity contribution in [3.63, 3.8) is 0 Å². The molecule has 0 aromatic heterocycles. The van der Waals surface area contributed by atoms with Gasteiger partial charge >= 0.3 is 0 Å². The lowest BCUT2D eigenvalue weighted by Gasteiger charge is -2.40. The topological polar surface area (TPSA) is 40.6 Å². The van der Waals surface area contributed by atoms with Crippen molar-refractivity contribution < 1.29 is 9.59 Å². The lowest BCUT2D eigenvalue weighted by Crippen LogP contribution is -2.33. The summed E-state index contributed by atoms with van der Waals surface area (Å²) in [6.07, 6.45) is 6.07. The number of hydrogen-bond acceptors (Lipinski definition) is 3. The van der Waals surface area contributed by atoms with Gasteiger partial charge in [-0.1, -0.05) is 25.0 Å². The molecule has 1 heterocycles. The van der Waals surface area contributed by atoms with Crippen LogP contribution in [-0.4, -0.2) is 48.8 Å². The molecule has 0 aromatic rings. The van der Waals surface area contributed by atoms with Crippen molar-refractivity contribution in [2.24, 2.45) is 17.3 Å². The van der Waals surface area contributed by atoms with Crippen molar-refractivity contribution in [3.05, 3.63) is 11.1 Å². The van der Waals surface area contributed by atoms with E-state index in [9.17, 15) is 9.59 Å². The van der Waals surface area contributed by atoms with Crippen LogP contribution in [0.25, 0.3) is 0 Å². The number of amides is 2. The molecule has 2 amide bonds. The number of carbonyl (C=O) groups excluding carboxylic acids is 2. The van der Waals surface area contributed by atoms with Crippen LogP contribution < -0.4 is 0 Å². The summed E-state index contributed by atoms with van der Waals surface area (Å²) in [6, 6.07) is 0. The molecule has 1 saturated heterocycles. The van der Waals surface area contributed by atoms with Gasteiger partial charge in [-0.15, -0.1) is 0 Å². The molecule has 4 nitrogen and oxygen atoms in total. The van der Waals surface area contributed by atoms with E-state index in [4.69, 9.17) is 0 Å². The molecule has 1 fully saturated rings. The fourth-order valence-corrected chi connectivity index (χ4v) is 4.73. The van der Waals surface area contributed by atoms with Crippen LogP contribution in [0.5, 0.6) is 0 Å². The first kappa shape index (κ1) is 16.7. The first-order valence-electron chi connectivity index (χ1n) is 9.02. The quantitative estimate of drug-likeness (QED) is 0.591. The van der Waals surface area contributed by atoms with Gasteiger partial charge in [0, 0.05) is 6.54 Å². The van der Waals surface area contributed by atoms with Crippen LogP contribution in [0.15, 0.2) is 11.1 Å². The highest BCUT2D eigenvalue weighted by molar-refractivity contribution is 6.05. The summed E-state index contributed by atoms with van der Waals surface area (Å²) in [4.78, 5) is 29.2. The molecule has 1 aliphatic heterocycles. The number of likely N-dealkylation sites (tertiary alicyclic amines) is 1. The normalized spacial score (nSPS) is 30.0. The first-order chi connectivity index (χ1) is 10.8. The van der Waals surface area contributed by atoms with Crippen LogP contribution in [0.2, 0.25) is 0 Å². The van der Waals surface area contributed by atoms with Crippen LogP contribution in [0.3, 0.4) is 0 Å². The molecular formula is C19H30N2O2. The highest BCUT2D eigenvalue weighted by Gasteiger charge is 2.51. The van der Waals surface area contributed by atoms with Crippen molar-refractivity contribution in [1.29, 1.82) is 0 Å². The van der Waals surface area contributed by atoms with Crippen LogP contribution >= 0.6 is 0 Å². The van der Waals surface area contributed by atoms with Gasteiger partial charge in [-0.2, -0.15) is 0 Å². The van der Waals surface area contributed by atoms with Gasteiger partial charge in [0.25, 0.3) is 0 Å². The highest BCUT2D eigenvalue weighted by Crippen LogP contribution is 2.51. The predicted octanol–water partition coefficient (Wildman–Crippen LogP) is 2.84. The minimum absolute atomic E-state index is 0.0745. The Morgan fingerprint density at radius 2 is 1.78 bits per heavy atom. The Bertz CT molecular complexity index is 548. The summed E-state index contributed by atoms with van der Waals surface area (Å²) >= 11 is 0. The number of hydrogen-bond donors (Lipinski definition) is 0. The molecule has 4 heteroatoms. The molecule has 0 aromatic carbocycles. The number of imide groups is 1. The van der Waals surface area contributed by atoms with Crippen LogP contribution in [0.4, 0.5) is 0 Å². The summed E-state index contributed by atoms with van der Waals surface area (Å²) in [6.45, 7) is 6.10. The zero-order valence-corrected chi connectivity index (χ0v) is 15.0. The number of allylic oxidation sites excluding steroid dienone is 2. The Morgan fingerprint density at radius 3 is 2.43 bits per heavy atom. The summed E-state index contributed by atoms with van der Waals surface area (Å²) in [7, 11) is 4.04. The standard InChI is InChI=1S/C19H30N2O2/c1-19(2)8-5-7-13-11-14-15(12-16(13)19)18(23)21(17(14)22)10-6-9-20(3)4/h14-15H,5-12H2,1-4H3/t14-,15+/m1/s1. The zero-order chi connectivity index (χ0) is 16.8. The average molecular weight is 318 g/mol. The highest BCUT2D eigenvalue weighted by atomic mass is 16.2. The second-order valence-corrected chi connectivity index (χ2v) is 8.43. The maximum Gasteiger partial charge on any atom is 0.233 e. The van der Waals surface area contributed by atoms with E-state index in [2.05, 4.69) is 18.7 Å². The number of nitrogens with zero attached hydrogens (tertiary/aromatic N) is 2. The van der Waals surface area contributed by atoms with Gasteiger partial charge in [0.05, 0.1) is 11.8 Å². The molecule has 0 spiro atoms. The zero-order valence-electron chi connectivity index (χ0n) is 15.0. The Labute approximate surface area is 139 Å². The van der Waals surface area contributed by atoms with Crippen molar-refractivity contribution in [2.45, 2.75) is 52.4 Å². The van der Waals surface area contributed by atoms with Crippen LogP contribution in [-0.2, 0) is 9.59 Å². The van der Waals surface area contributed by atoms with E-state index < -0.39 is 0 Å². The number of carbonyl (C=O) groups is 2. The monoisotopic (exact) mass is 318 g/mol. The van der Waals surface area contributed by atoms with Gasteiger partial charge in [0.15, 0.2) is 0 Å². The smallest absolute Gasteiger partial charge is 0.233 e. The van der Waals surface area contributed by atoms with E-state index in [-0.39, 0.29) is 29.1 Å². The van der Waals surface area contributed by atoms with Gasteiger partial charge in [0.2, 0.25) is 11.8 Å². The molecule has 2 atom stereocenters. The summed E-state index contributed by atoms with van der Waals surface area (Å²) < 4.78 is 0. The largest absolute Gasteiger partial charge is 0.309 e. The molecule has 0 unspecified atom stereocenters. The molecule has 0 radical (unpaired) electrons. The van der Waals surface area contributed by atoms with Crippen molar-refractivity contribution in [3.8, 4) is 0 Å². The Kier molecular flexibility index (Phi) is 4.39. The Morgan fingerprint density at radius 1 is 1.13 bits per heavy atom. The van der Waals surface area contributed by atoms with E-state index in [0.717, 1.165) is 32.2 Å². The Balaban J connectivity index is 1.75. The van der Waals surface area contributed by atoms with Crippen molar-refractivity contribution >= 4 is 11.8 Å². The summed E-state index contributed by atoms with van der Waals surface area (Å²) in [5, 5.41) is 0. The molecule has 3 aliphatic rings. The number of fused-ring (bicyclic) bond motifs is 1. The third kappa shape index (κ3) is 2.98. The Hall–Kier alpha value is -1.16. The lowest BCUT2D eigenvalue weighted by atomic mass is 9.63. The fraction of sp³-hybridized carbons (Fsp3) is 0.789. The fourth-order valence-electron chi connectivity index (χ4n) is 4.73. The SMILES string of the molecule is CN(C)CCCN1C(=O)[C@H]2CC3=C(CCCC3(C)C)C[C@H]2C1=O.